The molecule has 10 heteroatoms. The van der Waals surface area contributed by atoms with E-state index in [2.05, 4.69) is 60.3 Å². The van der Waals surface area contributed by atoms with Gasteiger partial charge in [-0.1, -0.05) is 6.08 Å². The Hall–Kier alpha value is -3.34. The minimum Gasteiger partial charge on any atom is -0.340 e. The number of nitrogens with one attached hydrogen (secondary N) is 2. The molecule has 5 heterocycles. The highest BCUT2D eigenvalue weighted by Gasteiger charge is 2.23. The summed E-state index contributed by atoms with van der Waals surface area (Å²) in [4.78, 5) is 36.1. The summed E-state index contributed by atoms with van der Waals surface area (Å²) in [7, 11) is 2.13. The Labute approximate surface area is 207 Å². The van der Waals surface area contributed by atoms with Crippen molar-refractivity contribution in [3.8, 4) is 0 Å². The second-order valence-electron chi connectivity index (χ2n) is 9.23. The number of anilines is 2. The zero-order valence-corrected chi connectivity index (χ0v) is 20.5. The topological polar surface area (TPSA) is 93.3 Å². The van der Waals surface area contributed by atoms with Gasteiger partial charge in [-0.15, -0.1) is 11.3 Å². The van der Waals surface area contributed by atoms with Gasteiger partial charge in [-0.2, -0.15) is 0 Å². The quantitative estimate of drug-likeness (QED) is 0.446. The first-order valence-corrected chi connectivity index (χ1v) is 12.8. The molecule has 2 N–H and O–H groups in total. The molecule has 2 aliphatic rings. The van der Waals surface area contributed by atoms with E-state index in [-0.39, 0.29) is 5.91 Å². The third-order valence-electron chi connectivity index (χ3n) is 6.88. The monoisotopic (exact) mass is 488 g/mol. The van der Waals surface area contributed by atoms with Crippen molar-refractivity contribution < 1.29 is 4.79 Å². The average molecular weight is 489 g/mol. The summed E-state index contributed by atoms with van der Waals surface area (Å²) >= 11 is 1.62. The second-order valence-corrected chi connectivity index (χ2v) is 10.1. The van der Waals surface area contributed by atoms with Crippen LogP contribution in [0.1, 0.15) is 12.1 Å². The molecule has 1 amide bonds. The van der Waals surface area contributed by atoms with Gasteiger partial charge in [0.2, 0.25) is 5.91 Å². The molecule has 0 atom stereocenters. The molecular formula is C25H28N8OS. The number of hydrogen-bond donors (Lipinski definition) is 2. The van der Waals surface area contributed by atoms with Gasteiger partial charge in [0, 0.05) is 50.6 Å². The molecule has 4 aromatic rings. The number of carbonyl (C=O) groups is 1. The number of fused-ring (bicyclic) bond motifs is 2. The van der Waals surface area contributed by atoms with Gasteiger partial charge < -0.3 is 20.1 Å². The fraction of sp³-hybridized carbons (Fsp3) is 0.360. The standard InChI is InChI=1S/C25H28N8OS/c1-31-8-10-32(11-9-31)14-23(34)33-6-4-17(5-7-33)21-13-19-24(26-15-27-25(19)30-21)29-18-2-3-20-22(12-18)35-16-28-20/h2-4,12-13,15-16H,5-11,14H2,1H3,(H2,26,27,29,30). The summed E-state index contributed by atoms with van der Waals surface area (Å²) in [6.45, 7) is 5.86. The van der Waals surface area contributed by atoms with Crippen molar-refractivity contribution in [1.82, 2.24) is 34.6 Å². The van der Waals surface area contributed by atoms with Crippen LogP contribution in [0, 0.1) is 0 Å². The predicted octanol–water partition coefficient (Wildman–Crippen LogP) is 3.17. The van der Waals surface area contributed by atoms with Gasteiger partial charge >= 0.3 is 0 Å². The van der Waals surface area contributed by atoms with Crippen LogP contribution in [-0.2, 0) is 4.79 Å². The maximum Gasteiger partial charge on any atom is 0.237 e. The van der Waals surface area contributed by atoms with Crippen LogP contribution in [-0.4, -0.2) is 93.4 Å². The van der Waals surface area contributed by atoms with Crippen LogP contribution >= 0.6 is 11.3 Å². The van der Waals surface area contributed by atoms with E-state index < -0.39 is 0 Å². The first kappa shape index (κ1) is 22.1. The van der Waals surface area contributed by atoms with Gasteiger partial charge in [-0.05, 0) is 43.3 Å². The number of nitrogens with zero attached hydrogens (tertiary/aromatic N) is 6. The van der Waals surface area contributed by atoms with E-state index in [9.17, 15) is 4.79 Å². The fourth-order valence-electron chi connectivity index (χ4n) is 4.72. The Balaban J connectivity index is 1.15. The lowest BCUT2D eigenvalue weighted by molar-refractivity contribution is -0.132. The number of benzene rings is 1. The molecule has 2 aliphatic heterocycles. The van der Waals surface area contributed by atoms with Crippen LogP contribution in [0.25, 0.3) is 26.8 Å². The molecule has 0 spiro atoms. The Morgan fingerprint density at radius 2 is 2.00 bits per heavy atom. The summed E-state index contributed by atoms with van der Waals surface area (Å²) in [5.74, 6) is 0.985. The van der Waals surface area contributed by atoms with Crippen LogP contribution in [0.15, 0.2) is 42.2 Å². The Morgan fingerprint density at radius 1 is 1.11 bits per heavy atom. The van der Waals surface area contributed by atoms with Gasteiger partial charge in [0.05, 0.1) is 27.7 Å². The number of amides is 1. The van der Waals surface area contributed by atoms with E-state index in [4.69, 9.17) is 0 Å². The Bertz CT molecular complexity index is 1400. The van der Waals surface area contributed by atoms with Crippen LogP contribution in [0.3, 0.4) is 0 Å². The minimum atomic E-state index is 0.219. The number of carbonyl (C=O) groups excluding carboxylic acids is 1. The lowest BCUT2D eigenvalue weighted by Gasteiger charge is -2.34. The molecule has 6 rings (SSSR count). The van der Waals surface area contributed by atoms with Crippen LogP contribution in [0.4, 0.5) is 11.5 Å². The van der Waals surface area contributed by atoms with Crippen molar-refractivity contribution in [3.63, 3.8) is 0 Å². The molecule has 0 bridgehead atoms. The molecule has 180 valence electrons. The maximum absolute atomic E-state index is 12.8. The van der Waals surface area contributed by atoms with Crippen molar-refractivity contribution in [1.29, 1.82) is 0 Å². The normalized spacial score (nSPS) is 17.7. The molecule has 1 fully saturated rings. The maximum atomic E-state index is 12.8. The van der Waals surface area contributed by atoms with Crippen LogP contribution < -0.4 is 5.32 Å². The SMILES string of the molecule is CN1CCN(CC(=O)N2CC=C(c3cc4c(Nc5ccc6ncsc6c5)ncnc4[nH]3)CC2)CC1. The fourth-order valence-corrected chi connectivity index (χ4v) is 5.44. The number of hydrogen-bond acceptors (Lipinski definition) is 8. The molecule has 0 aliphatic carbocycles. The highest BCUT2D eigenvalue weighted by molar-refractivity contribution is 7.16. The number of thiazole rings is 1. The first-order chi connectivity index (χ1) is 17.1. The zero-order valence-electron chi connectivity index (χ0n) is 19.7. The number of piperazine rings is 1. The van der Waals surface area contributed by atoms with Gasteiger partial charge in [0.25, 0.3) is 0 Å². The number of likely N-dealkylation sites (N-methyl/N-ethyl adjacent to an activating group) is 1. The van der Waals surface area contributed by atoms with Gasteiger partial charge in [0.15, 0.2) is 0 Å². The van der Waals surface area contributed by atoms with E-state index in [1.165, 1.54) is 5.57 Å². The summed E-state index contributed by atoms with van der Waals surface area (Å²) in [6, 6.07) is 8.22. The van der Waals surface area contributed by atoms with E-state index in [0.29, 0.717) is 13.1 Å². The molecule has 0 radical (unpaired) electrons. The lowest BCUT2D eigenvalue weighted by atomic mass is 10.0. The molecule has 0 unspecified atom stereocenters. The van der Waals surface area contributed by atoms with Crippen molar-refractivity contribution in [2.45, 2.75) is 6.42 Å². The third-order valence-corrected chi connectivity index (χ3v) is 7.67. The Morgan fingerprint density at radius 3 is 2.83 bits per heavy atom. The van der Waals surface area contributed by atoms with Crippen molar-refractivity contribution in [2.75, 3.05) is 58.2 Å². The highest BCUT2D eigenvalue weighted by atomic mass is 32.1. The number of aromatic amines is 1. The van der Waals surface area contributed by atoms with Crippen molar-refractivity contribution >= 4 is 55.6 Å². The van der Waals surface area contributed by atoms with E-state index in [0.717, 1.165) is 77.6 Å². The first-order valence-electron chi connectivity index (χ1n) is 11.9. The average Bonchev–Trinajstić information content (AvgIpc) is 3.53. The molecular weight excluding hydrogens is 460 g/mol. The predicted molar refractivity (Wildman–Crippen MR) is 140 cm³/mol. The second kappa shape index (κ2) is 9.37. The number of aromatic nitrogens is 4. The summed E-state index contributed by atoms with van der Waals surface area (Å²) in [6.07, 6.45) is 4.55. The lowest BCUT2D eigenvalue weighted by Crippen LogP contribution is -2.49. The molecule has 1 saturated heterocycles. The van der Waals surface area contributed by atoms with E-state index in [1.807, 2.05) is 22.5 Å². The largest absolute Gasteiger partial charge is 0.340 e. The summed E-state index contributed by atoms with van der Waals surface area (Å²) in [5.41, 5.74) is 6.87. The van der Waals surface area contributed by atoms with Crippen molar-refractivity contribution in [3.05, 3.63) is 47.9 Å². The van der Waals surface area contributed by atoms with Gasteiger partial charge in [-0.3, -0.25) is 9.69 Å². The minimum absolute atomic E-state index is 0.219. The molecule has 0 saturated carbocycles. The smallest absolute Gasteiger partial charge is 0.237 e. The van der Waals surface area contributed by atoms with E-state index >= 15 is 0 Å². The van der Waals surface area contributed by atoms with Crippen molar-refractivity contribution in [2.24, 2.45) is 0 Å². The third kappa shape index (κ3) is 4.64. The summed E-state index contributed by atoms with van der Waals surface area (Å²) in [5, 5.41) is 4.38. The molecule has 1 aromatic carbocycles. The molecule has 3 aromatic heterocycles. The van der Waals surface area contributed by atoms with Crippen LogP contribution in [0.5, 0.6) is 0 Å². The number of rotatable bonds is 5. The number of H-pyrrole nitrogens is 1. The van der Waals surface area contributed by atoms with Gasteiger partial charge in [-0.25, -0.2) is 15.0 Å². The van der Waals surface area contributed by atoms with Crippen LogP contribution in [0.2, 0.25) is 0 Å². The molecule has 9 nitrogen and oxygen atoms in total. The zero-order chi connectivity index (χ0) is 23.8. The van der Waals surface area contributed by atoms with E-state index in [1.54, 1.807) is 17.7 Å². The Kier molecular flexibility index (Phi) is 5.93. The molecule has 35 heavy (non-hydrogen) atoms. The summed E-state index contributed by atoms with van der Waals surface area (Å²) < 4.78 is 1.13. The van der Waals surface area contributed by atoms with Gasteiger partial charge in [0.1, 0.15) is 17.8 Å². The highest BCUT2D eigenvalue weighted by Crippen LogP contribution is 2.30.